The SMILES string of the molecule is CONCCc1cc(OC)c(OC)c(OC)c1.Cl. The summed E-state index contributed by atoms with van der Waals surface area (Å²) in [5, 5.41) is 0. The van der Waals surface area contributed by atoms with E-state index < -0.39 is 0 Å². The molecule has 0 aliphatic heterocycles. The molecule has 0 heterocycles. The smallest absolute Gasteiger partial charge is 0.203 e. The molecule has 6 heteroatoms. The van der Waals surface area contributed by atoms with Crippen molar-refractivity contribution in [2.24, 2.45) is 0 Å². The van der Waals surface area contributed by atoms with Gasteiger partial charge in [0.1, 0.15) is 0 Å². The van der Waals surface area contributed by atoms with E-state index in [0.717, 1.165) is 18.5 Å². The molecule has 0 spiro atoms. The topological polar surface area (TPSA) is 49.0 Å². The second-order valence-electron chi connectivity index (χ2n) is 3.38. The molecule has 104 valence electrons. The summed E-state index contributed by atoms with van der Waals surface area (Å²) in [6.45, 7) is 0.717. The maximum atomic E-state index is 5.27. The molecule has 1 aromatic carbocycles. The van der Waals surface area contributed by atoms with E-state index in [4.69, 9.17) is 19.0 Å². The molecular formula is C12H20ClNO4. The average Bonchev–Trinajstić information content (AvgIpc) is 2.37. The van der Waals surface area contributed by atoms with E-state index in [9.17, 15) is 0 Å². The predicted octanol–water partition coefficient (Wildman–Crippen LogP) is 1.83. The van der Waals surface area contributed by atoms with Crippen LogP contribution in [-0.2, 0) is 11.3 Å². The monoisotopic (exact) mass is 277 g/mol. The number of methoxy groups -OCH3 is 3. The van der Waals surface area contributed by atoms with Gasteiger partial charge < -0.3 is 19.0 Å². The molecule has 0 atom stereocenters. The fraction of sp³-hybridized carbons (Fsp3) is 0.500. The Morgan fingerprint density at radius 2 is 1.50 bits per heavy atom. The van der Waals surface area contributed by atoms with E-state index in [0.29, 0.717) is 17.2 Å². The number of rotatable bonds is 7. The van der Waals surface area contributed by atoms with Gasteiger partial charge in [0, 0.05) is 6.54 Å². The van der Waals surface area contributed by atoms with Crippen LogP contribution in [-0.4, -0.2) is 35.0 Å². The Bertz CT molecular complexity index is 335. The molecule has 18 heavy (non-hydrogen) atoms. The summed E-state index contributed by atoms with van der Waals surface area (Å²) in [5.74, 6) is 1.94. The highest BCUT2D eigenvalue weighted by atomic mass is 35.5. The van der Waals surface area contributed by atoms with Gasteiger partial charge in [-0.1, -0.05) is 0 Å². The molecule has 1 rings (SSSR count). The molecule has 0 aliphatic carbocycles. The molecule has 0 unspecified atom stereocenters. The molecule has 0 bridgehead atoms. The summed E-state index contributed by atoms with van der Waals surface area (Å²) in [5.41, 5.74) is 3.87. The van der Waals surface area contributed by atoms with E-state index in [1.807, 2.05) is 12.1 Å². The second kappa shape index (κ2) is 8.85. The molecule has 5 nitrogen and oxygen atoms in total. The zero-order valence-corrected chi connectivity index (χ0v) is 11.9. The summed E-state index contributed by atoms with van der Waals surface area (Å²) in [4.78, 5) is 4.78. The van der Waals surface area contributed by atoms with Gasteiger partial charge >= 0.3 is 0 Å². The standard InChI is InChI=1S/C12H19NO4.ClH/c1-14-10-7-9(5-6-13-17-4)8-11(15-2)12(10)16-3;/h7-8,13H,5-6H2,1-4H3;1H. The highest BCUT2D eigenvalue weighted by Gasteiger charge is 2.12. The lowest BCUT2D eigenvalue weighted by atomic mass is 10.1. The van der Waals surface area contributed by atoms with Crippen LogP contribution in [0.4, 0.5) is 0 Å². The lowest BCUT2D eigenvalue weighted by Gasteiger charge is -2.14. The van der Waals surface area contributed by atoms with E-state index >= 15 is 0 Å². The summed E-state index contributed by atoms with van der Waals surface area (Å²) in [6, 6.07) is 3.86. The first-order valence-electron chi connectivity index (χ1n) is 5.31. The van der Waals surface area contributed by atoms with Gasteiger partial charge in [-0.2, -0.15) is 0 Å². The maximum absolute atomic E-state index is 5.27. The fourth-order valence-corrected chi connectivity index (χ4v) is 1.58. The minimum Gasteiger partial charge on any atom is -0.493 e. The van der Waals surface area contributed by atoms with E-state index in [1.54, 1.807) is 28.4 Å². The van der Waals surface area contributed by atoms with Crippen LogP contribution < -0.4 is 19.7 Å². The molecule has 0 saturated heterocycles. The first-order valence-corrected chi connectivity index (χ1v) is 5.31. The Kier molecular flexibility index (Phi) is 8.28. The van der Waals surface area contributed by atoms with Crippen molar-refractivity contribution in [1.29, 1.82) is 0 Å². The second-order valence-corrected chi connectivity index (χ2v) is 3.38. The number of halogens is 1. The van der Waals surface area contributed by atoms with E-state index in [-0.39, 0.29) is 12.4 Å². The number of hydrogen-bond donors (Lipinski definition) is 1. The van der Waals surface area contributed by atoms with Crippen LogP contribution in [0.2, 0.25) is 0 Å². The molecule has 0 saturated carbocycles. The normalized spacial score (nSPS) is 9.56. The first-order chi connectivity index (χ1) is 8.26. The van der Waals surface area contributed by atoms with Crippen molar-refractivity contribution in [2.75, 3.05) is 35.0 Å². The fourth-order valence-electron chi connectivity index (χ4n) is 1.58. The van der Waals surface area contributed by atoms with E-state index in [2.05, 4.69) is 5.48 Å². The van der Waals surface area contributed by atoms with Gasteiger partial charge in [0.05, 0.1) is 28.4 Å². The van der Waals surface area contributed by atoms with Crippen molar-refractivity contribution in [3.63, 3.8) is 0 Å². The van der Waals surface area contributed by atoms with Crippen molar-refractivity contribution in [1.82, 2.24) is 5.48 Å². The average molecular weight is 278 g/mol. The third-order valence-electron chi connectivity index (χ3n) is 2.38. The zero-order valence-electron chi connectivity index (χ0n) is 11.1. The number of benzene rings is 1. The molecule has 0 amide bonds. The molecule has 0 aromatic heterocycles. The first kappa shape index (κ1) is 16.8. The lowest BCUT2D eigenvalue weighted by molar-refractivity contribution is 0.0928. The predicted molar refractivity (Wildman–Crippen MR) is 72.1 cm³/mol. The summed E-state index contributed by atoms with van der Waals surface area (Å²) < 4.78 is 15.8. The van der Waals surface area contributed by atoms with Crippen molar-refractivity contribution in [2.45, 2.75) is 6.42 Å². The van der Waals surface area contributed by atoms with Crippen LogP contribution in [0.3, 0.4) is 0 Å². The van der Waals surface area contributed by atoms with Crippen LogP contribution >= 0.6 is 12.4 Å². The summed E-state index contributed by atoms with van der Waals surface area (Å²) in [7, 11) is 6.39. The Labute approximate surface area is 114 Å². The quantitative estimate of drug-likeness (QED) is 0.609. The molecule has 1 N–H and O–H groups in total. The number of hydroxylamine groups is 1. The van der Waals surface area contributed by atoms with Gasteiger partial charge in [0.15, 0.2) is 11.5 Å². The molecule has 0 radical (unpaired) electrons. The lowest BCUT2D eigenvalue weighted by Crippen LogP contribution is -2.15. The third kappa shape index (κ3) is 4.25. The largest absolute Gasteiger partial charge is 0.493 e. The van der Waals surface area contributed by atoms with Gasteiger partial charge in [-0.15, -0.1) is 12.4 Å². The number of hydrogen-bond acceptors (Lipinski definition) is 5. The van der Waals surface area contributed by atoms with Crippen molar-refractivity contribution in [3.8, 4) is 17.2 Å². The molecule has 0 aliphatic rings. The van der Waals surface area contributed by atoms with Gasteiger partial charge in [-0.3, -0.25) is 0 Å². The highest BCUT2D eigenvalue weighted by Crippen LogP contribution is 2.38. The van der Waals surface area contributed by atoms with Gasteiger partial charge in [-0.05, 0) is 24.1 Å². The maximum Gasteiger partial charge on any atom is 0.203 e. The number of nitrogens with one attached hydrogen (secondary N) is 1. The van der Waals surface area contributed by atoms with Crippen LogP contribution in [0.1, 0.15) is 5.56 Å². The van der Waals surface area contributed by atoms with Crippen LogP contribution in [0.5, 0.6) is 17.2 Å². The van der Waals surface area contributed by atoms with Gasteiger partial charge in [-0.25, -0.2) is 5.48 Å². The Balaban J connectivity index is 0.00000289. The van der Waals surface area contributed by atoms with Crippen LogP contribution in [0.15, 0.2) is 12.1 Å². The highest BCUT2D eigenvalue weighted by molar-refractivity contribution is 5.85. The van der Waals surface area contributed by atoms with Crippen molar-refractivity contribution in [3.05, 3.63) is 17.7 Å². The van der Waals surface area contributed by atoms with Crippen molar-refractivity contribution < 1.29 is 19.0 Å². The zero-order chi connectivity index (χ0) is 12.7. The minimum absolute atomic E-state index is 0. The third-order valence-corrected chi connectivity index (χ3v) is 2.38. The molecular weight excluding hydrogens is 258 g/mol. The summed E-state index contributed by atoms with van der Waals surface area (Å²) in [6.07, 6.45) is 0.810. The minimum atomic E-state index is 0. The molecule has 0 fully saturated rings. The number of ether oxygens (including phenoxy) is 3. The Morgan fingerprint density at radius 3 is 1.89 bits per heavy atom. The summed E-state index contributed by atoms with van der Waals surface area (Å²) >= 11 is 0. The van der Waals surface area contributed by atoms with Gasteiger partial charge in [0.25, 0.3) is 0 Å². The Morgan fingerprint density at radius 1 is 0.944 bits per heavy atom. The van der Waals surface area contributed by atoms with Crippen LogP contribution in [0, 0.1) is 0 Å². The van der Waals surface area contributed by atoms with Crippen LogP contribution in [0.25, 0.3) is 0 Å². The van der Waals surface area contributed by atoms with Gasteiger partial charge in [0.2, 0.25) is 5.75 Å². The van der Waals surface area contributed by atoms with Crippen molar-refractivity contribution >= 4 is 12.4 Å². The molecule has 1 aromatic rings. The Hall–Kier alpha value is -1.17. The van der Waals surface area contributed by atoms with E-state index in [1.165, 1.54) is 0 Å².